The summed E-state index contributed by atoms with van der Waals surface area (Å²) in [4.78, 5) is 9.63. The van der Waals surface area contributed by atoms with Crippen molar-refractivity contribution >= 4 is 17.0 Å². The van der Waals surface area contributed by atoms with E-state index in [1.165, 1.54) is 49.5 Å². The summed E-state index contributed by atoms with van der Waals surface area (Å²) in [5.74, 6) is 2.30. The van der Waals surface area contributed by atoms with Gasteiger partial charge in [-0.2, -0.15) is 4.98 Å². The molecule has 0 unspecified atom stereocenters. The maximum atomic E-state index is 9.96. The summed E-state index contributed by atoms with van der Waals surface area (Å²) in [7, 11) is 0. The van der Waals surface area contributed by atoms with Crippen molar-refractivity contribution in [1.29, 1.82) is 0 Å². The molecule has 0 spiro atoms. The van der Waals surface area contributed by atoms with E-state index in [0.29, 0.717) is 12.0 Å². The molecule has 0 radical (unpaired) electrons. The Kier molecular flexibility index (Phi) is 6.74. The predicted octanol–water partition coefficient (Wildman–Crippen LogP) is 5.80. The number of hydrogen-bond acceptors (Lipinski definition) is 4. The number of hydrogen-bond donors (Lipinski definition) is 2. The van der Waals surface area contributed by atoms with Crippen LogP contribution in [0.1, 0.15) is 102 Å². The van der Waals surface area contributed by atoms with Gasteiger partial charge in [0.25, 0.3) is 0 Å². The minimum absolute atomic E-state index is 0.127. The molecule has 2 fully saturated rings. The number of anilines is 1. The first-order valence-electron chi connectivity index (χ1n) is 12.0. The van der Waals surface area contributed by atoms with Crippen LogP contribution < -0.4 is 5.32 Å². The number of unbranched alkanes of at least 4 members (excludes halogenated alkanes) is 1. The molecule has 0 saturated heterocycles. The number of nitrogens with zero attached hydrogens (tertiary/aromatic N) is 3. The van der Waals surface area contributed by atoms with Gasteiger partial charge < -0.3 is 15.0 Å². The average molecular weight is 399 g/mol. The van der Waals surface area contributed by atoms with Gasteiger partial charge in [-0.05, 0) is 75.2 Å². The molecule has 0 atom stereocenters. The quantitative estimate of drug-likeness (QED) is 0.578. The van der Waals surface area contributed by atoms with Crippen LogP contribution in [0.2, 0.25) is 0 Å². The van der Waals surface area contributed by atoms with Gasteiger partial charge in [0.05, 0.1) is 6.10 Å². The molecule has 0 aromatic carbocycles. The van der Waals surface area contributed by atoms with Crippen molar-refractivity contribution in [3.63, 3.8) is 0 Å². The lowest BCUT2D eigenvalue weighted by molar-refractivity contribution is 0.111. The highest BCUT2D eigenvalue weighted by atomic mass is 16.3. The van der Waals surface area contributed by atoms with Crippen molar-refractivity contribution in [2.75, 3.05) is 11.9 Å². The first-order chi connectivity index (χ1) is 14.2. The lowest BCUT2D eigenvalue weighted by atomic mass is 9.78. The molecule has 160 valence electrons. The lowest BCUT2D eigenvalue weighted by Gasteiger charge is -2.28. The number of aliphatic hydroxyl groups excluding tert-OH is 1. The van der Waals surface area contributed by atoms with Gasteiger partial charge in [0.1, 0.15) is 5.65 Å². The zero-order valence-corrected chi connectivity index (χ0v) is 18.2. The number of nitrogens with one attached hydrogen (secondary N) is 1. The van der Waals surface area contributed by atoms with E-state index in [1.807, 2.05) is 0 Å². The SMILES string of the molecule is CCCCNc1ncc2c(n1)n([C@H]1CC[C@H](O)CC1)cc2[C@H]1CC[C@H](CC)CC1. The fourth-order valence-corrected chi connectivity index (χ4v) is 5.34. The van der Waals surface area contributed by atoms with Crippen molar-refractivity contribution in [2.45, 2.75) is 103 Å². The van der Waals surface area contributed by atoms with Crippen LogP contribution in [0.15, 0.2) is 12.4 Å². The molecule has 5 nitrogen and oxygen atoms in total. The Balaban J connectivity index is 1.64. The van der Waals surface area contributed by atoms with Gasteiger partial charge in [-0.1, -0.05) is 26.7 Å². The minimum Gasteiger partial charge on any atom is -0.393 e. The molecule has 29 heavy (non-hydrogen) atoms. The molecule has 2 aliphatic rings. The van der Waals surface area contributed by atoms with E-state index >= 15 is 0 Å². The largest absolute Gasteiger partial charge is 0.393 e. The number of aromatic nitrogens is 3. The number of aliphatic hydroxyl groups is 1. The van der Waals surface area contributed by atoms with Gasteiger partial charge in [0, 0.05) is 30.4 Å². The van der Waals surface area contributed by atoms with Crippen molar-refractivity contribution in [3.8, 4) is 0 Å². The summed E-state index contributed by atoms with van der Waals surface area (Å²) in [6.45, 7) is 5.45. The predicted molar refractivity (Wildman–Crippen MR) is 119 cm³/mol. The highest BCUT2D eigenvalue weighted by molar-refractivity contribution is 5.81. The first-order valence-corrected chi connectivity index (χ1v) is 12.0. The molecule has 2 saturated carbocycles. The second kappa shape index (κ2) is 9.46. The molecule has 5 heteroatoms. The van der Waals surface area contributed by atoms with Crippen LogP contribution in [-0.4, -0.2) is 32.3 Å². The molecular weight excluding hydrogens is 360 g/mol. The molecule has 4 rings (SSSR count). The van der Waals surface area contributed by atoms with Gasteiger partial charge >= 0.3 is 0 Å². The summed E-state index contributed by atoms with van der Waals surface area (Å²) in [5.41, 5.74) is 2.55. The second-order valence-corrected chi connectivity index (χ2v) is 9.29. The summed E-state index contributed by atoms with van der Waals surface area (Å²) < 4.78 is 2.43. The fraction of sp³-hybridized carbons (Fsp3) is 0.750. The topological polar surface area (TPSA) is 63.0 Å². The molecular formula is C24H38N4O. The number of fused-ring (bicyclic) bond motifs is 1. The van der Waals surface area contributed by atoms with Crippen LogP contribution in [0.4, 0.5) is 5.95 Å². The van der Waals surface area contributed by atoms with Crippen molar-refractivity contribution in [3.05, 3.63) is 18.0 Å². The van der Waals surface area contributed by atoms with Crippen LogP contribution in [0.25, 0.3) is 11.0 Å². The summed E-state index contributed by atoms with van der Waals surface area (Å²) in [6, 6.07) is 0.444. The normalized spacial score (nSPS) is 28.0. The maximum absolute atomic E-state index is 9.96. The zero-order chi connectivity index (χ0) is 20.2. The highest BCUT2D eigenvalue weighted by Crippen LogP contribution is 2.42. The zero-order valence-electron chi connectivity index (χ0n) is 18.2. The Morgan fingerprint density at radius 1 is 1.07 bits per heavy atom. The molecule has 0 bridgehead atoms. The molecule has 2 aromatic heterocycles. The number of rotatable bonds is 7. The van der Waals surface area contributed by atoms with Crippen LogP contribution >= 0.6 is 0 Å². The summed E-state index contributed by atoms with van der Waals surface area (Å²) >= 11 is 0. The van der Waals surface area contributed by atoms with E-state index in [2.05, 4.69) is 41.1 Å². The third-order valence-electron chi connectivity index (χ3n) is 7.34. The minimum atomic E-state index is -0.127. The first kappa shape index (κ1) is 20.6. The van der Waals surface area contributed by atoms with Crippen LogP contribution in [0.3, 0.4) is 0 Å². The lowest BCUT2D eigenvalue weighted by Crippen LogP contribution is -2.21. The Bertz CT molecular complexity index is 786. The smallest absolute Gasteiger partial charge is 0.224 e. The Labute approximate surface area is 175 Å². The van der Waals surface area contributed by atoms with E-state index in [1.54, 1.807) is 0 Å². The van der Waals surface area contributed by atoms with E-state index in [4.69, 9.17) is 4.98 Å². The van der Waals surface area contributed by atoms with Crippen molar-refractivity contribution < 1.29 is 5.11 Å². The summed E-state index contributed by atoms with van der Waals surface area (Å²) in [6.07, 6.45) is 17.1. The maximum Gasteiger partial charge on any atom is 0.224 e. The van der Waals surface area contributed by atoms with Gasteiger partial charge in [-0.25, -0.2) is 4.98 Å². The average Bonchev–Trinajstić information content (AvgIpc) is 3.13. The van der Waals surface area contributed by atoms with Gasteiger partial charge in [-0.3, -0.25) is 0 Å². The van der Waals surface area contributed by atoms with Gasteiger partial charge in [-0.15, -0.1) is 0 Å². The monoisotopic (exact) mass is 398 g/mol. The third-order valence-corrected chi connectivity index (χ3v) is 7.34. The van der Waals surface area contributed by atoms with Crippen molar-refractivity contribution in [2.24, 2.45) is 5.92 Å². The molecule has 2 heterocycles. The fourth-order valence-electron chi connectivity index (χ4n) is 5.34. The summed E-state index contributed by atoms with van der Waals surface area (Å²) in [5, 5.41) is 14.6. The van der Waals surface area contributed by atoms with E-state index in [0.717, 1.165) is 56.2 Å². The molecule has 0 aliphatic heterocycles. The van der Waals surface area contributed by atoms with Crippen molar-refractivity contribution in [1.82, 2.24) is 14.5 Å². The van der Waals surface area contributed by atoms with Crippen LogP contribution in [0.5, 0.6) is 0 Å². The standard InChI is InChI=1S/C24H38N4O/c1-3-5-14-25-24-26-15-21-22(18-8-6-17(4-2)7-9-18)16-28(23(21)27-24)19-10-12-20(29)13-11-19/h15-20,29H,3-14H2,1-2H3,(H,25,26,27)/t17-,18-,19-,20-. The third kappa shape index (κ3) is 4.60. The second-order valence-electron chi connectivity index (χ2n) is 9.29. The molecule has 2 aromatic rings. The van der Waals surface area contributed by atoms with Gasteiger partial charge in [0.15, 0.2) is 0 Å². The molecule has 2 aliphatic carbocycles. The Morgan fingerprint density at radius 2 is 1.83 bits per heavy atom. The van der Waals surface area contributed by atoms with Crippen LogP contribution in [-0.2, 0) is 0 Å². The molecule has 0 amide bonds. The molecule has 2 N–H and O–H groups in total. The Morgan fingerprint density at radius 3 is 2.52 bits per heavy atom. The van der Waals surface area contributed by atoms with E-state index in [9.17, 15) is 5.11 Å². The van der Waals surface area contributed by atoms with E-state index < -0.39 is 0 Å². The van der Waals surface area contributed by atoms with E-state index in [-0.39, 0.29) is 6.10 Å². The Hall–Kier alpha value is -1.62. The van der Waals surface area contributed by atoms with Gasteiger partial charge in [0.2, 0.25) is 5.95 Å². The van der Waals surface area contributed by atoms with Crippen LogP contribution in [0, 0.1) is 5.92 Å². The highest BCUT2D eigenvalue weighted by Gasteiger charge is 2.28.